The molecule has 0 fully saturated rings. The summed E-state index contributed by atoms with van der Waals surface area (Å²) < 4.78 is 0. The predicted octanol–water partition coefficient (Wildman–Crippen LogP) is 2.48. The van der Waals surface area contributed by atoms with Gasteiger partial charge < -0.3 is 16.8 Å². The van der Waals surface area contributed by atoms with Crippen LogP contribution >= 0.6 is 24.8 Å². The van der Waals surface area contributed by atoms with E-state index in [0.717, 1.165) is 16.9 Å². The quantitative estimate of drug-likeness (QED) is 0.505. The van der Waals surface area contributed by atoms with Gasteiger partial charge in [-0.25, -0.2) is 0 Å². The van der Waals surface area contributed by atoms with E-state index in [9.17, 15) is 0 Å². The summed E-state index contributed by atoms with van der Waals surface area (Å²) in [5.41, 5.74) is 14.1. The zero-order valence-electron chi connectivity index (χ0n) is 9.96. The first-order chi connectivity index (χ1) is 8.15. The second-order valence-electron chi connectivity index (χ2n) is 3.59. The minimum atomic E-state index is -0.0947. The summed E-state index contributed by atoms with van der Waals surface area (Å²) in [6, 6.07) is 11.0. The van der Waals surface area contributed by atoms with Crippen LogP contribution in [0.1, 0.15) is 0 Å². The van der Waals surface area contributed by atoms with Crippen molar-refractivity contribution in [2.75, 3.05) is 11.1 Å². The first-order valence-electron chi connectivity index (χ1n) is 5.08. The lowest BCUT2D eigenvalue weighted by Gasteiger charge is -2.06. The largest absolute Gasteiger partial charge is 0.399 e. The molecule has 2 aromatic rings. The molecule has 0 aliphatic rings. The van der Waals surface area contributed by atoms with E-state index in [4.69, 9.17) is 16.9 Å². The van der Waals surface area contributed by atoms with Crippen LogP contribution in [0, 0.1) is 5.41 Å². The molecule has 0 unspecified atom stereocenters. The Morgan fingerprint density at radius 3 is 2.53 bits per heavy atom. The minimum absolute atomic E-state index is 0. The van der Waals surface area contributed by atoms with Crippen LogP contribution in [0.5, 0.6) is 0 Å². The molecule has 1 aromatic heterocycles. The molecule has 0 atom stereocenters. The number of nitrogens with zero attached hydrogens (tertiary/aromatic N) is 1. The highest BCUT2D eigenvalue weighted by Crippen LogP contribution is 2.21. The Labute approximate surface area is 123 Å². The van der Waals surface area contributed by atoms with E-state index < -0.39 is 0 Å². The molecule has 0 amide bonds. The van der Waals surface area contributed by atoms with Gasteiger partial charge in [0.1, 0.15) is 0 Å². The third-order valence-electron chi connectivity index (χ3n) is 2.22. The first kappa shape index (κ1) is 17.0. The smallest absolute Gasteiger partial charge is 0.190 e. The molecule has 0 saturated heterocycles. The van der Waals surface area contributed by atoms with E-state index in [1.54, 1.807) is 18.3 Å². The van der Waals surface area contributed by atoms with Crippen molar-refractivity contribution in [1.29, 1.82) is 5.41 Å². The molecule has 2 rings (SSSR count). The van der Waals surface area contributed by atoms with E-state index >= 15 is 0 Å². The molecule has 1 heterocycles. The summed E-state index contributed by atoms with van der Waals surface area (Å²) >= 11 is 0. The summed E-state index contributed by atoms with van der Waals surface area (Å²) in [5, 5.41) is 9.90. The van der Waals surface area contributed by atoms with Gasteiger partial charge in [0.05, 0.1) is 5.69 Å². The Balaban J connectivity index is 0.00000162. The first-order valence-corrected chi connectivity index (χ1v) is 5.08. The molecule has 19 heavy (non-hydrogen) atoms. The molecular weight excluding hydrogens is 285 g/mol. The van der Waals surface area contributed by atoms with Gasteiger partial charge in [0.15, 0.2) is 5.96 Å². The van der Waals surface area contributed by atoms with Gasteiger partial charge in [0, 0.05) is 23.1 Å². The van der Waals surface area contributed by atoms with Crippen molar-refractivity contribution in [3.05, 3.63) is 42.6 Å². The average molecular weight is 300 g/mol. The standard InChI is InChI=1S/C12H13N5.2ClH/c13-9-4-5-16-11(7-9)8-2-1-3-10(6-8)17-12(14)15;;/h1-7H,(H2,13,16)(H4,14,15,17);2*1H. The molecule has 5 nitrogen and oxygen atoms in total. The summed E-state index contributed by atoms with van der Waals surface area (Å²) in [7, 11) is 0. The minimum Gasteiger partial charge on any atom is -0.399 e. The number of nitrogen functional groups attached to an aromatic ring is 1. The molecule has 0 radical (unpaired) electrons. The molecule has 0 saturated carbocycles. The van der Waals surface area contributed by atoms with Gasteiger partial charge in [0.25, 0.3) is 0 Å². The Morgan fingerprint density at radius 1 is 1.16 bits per heavy atom. The highest BCUT2D eigenvalue weighted by Gasteiger charge is 2.01. The maximum Gasteiger partial charge on any atom is 0.190 e. The Bertz CT molecular complexity index is 559. The fourth-order valence-electron chi connectivity index (χ4n) is 1.52. The van der Waals surface area contributed by atoms with E-state index in [2.05, 4.69) is 10.3 Å². The molecule has 0 aliphatic carbocycles. The second kappa shape index (κ2) is 7.45. The number of pyridine rings is 1. The van der Waals surface area contributed by atoms with Crippen LogP contribution in [0.2, 0.25) is 0 Å². The van der Waals surface area contributed by atoms with E-state index in [1.807, 2.05) is 24.3 Å². The number of anilines is 2. The zero-order valence-corrected chi connectivity index (χ0v) is 11.6. The van der Waals surface area contributed by atoms with Gasteiger partial charge in [-0.15, -0.1) is 24.8 Å². The van der Waals surface area contributed by atoms with Gasteiger partial charge in [-0.3, -0.25) is 10.4 Å². The van der Waals surface area contributed by atoms with Crippen LogP contribution in [-0.4, -0.2) is 10.9 Å². The number of nitrogens with one attached hydrogen (secondary N) is 2. The summed E-state index contributed by atoms with van der Waals surface area (Å²) in [4.78, 5) is 4.24. The monoisotopic (exact) mass is 299 g/mol. The molecule has 0 aliphatic heterocycles. The number of guanidine groups is 1. The molecule has 7 heteroatoms. The van der Waals surface area contributed by atoms with Crippen molar-refractivity contribution >= 4 is 42.1 Å². The van der Waals surface area contributed by atoms with Crippen molar-refractivity contribution in [3.8, 4) is 11.3 Å². The number of benzene rings is 1. The third-order valence-corrected chi connectivity index (χ3v) is 2.22. The van der Waals surface area contributed by atoms with E-state index in [1.165, 1.54) is 0 Å². The topological polar surface area (TPSA) is 101 Å². The van der Waals surface area contributed by atoms with Crippen molar-refractivity contribution in [3.63, 3.8) is 0 Å². The van der Waals surface area contributed by atoms with Crippen molar-refractivity contribution in [1.82, 2.24) is 4.98 Å². The van der Waals surface area contributed by atoms with Crippen LogP contribution in [-0.2, 0) is 0 Å². The van der Waals surface area contributed by atoms with Crippen molar-refractivity contribution in [2.45, 2.75) is 0 Å². The predicted molar refractivity (Wildman–Crippen MR) is 84.1 cm³/mol. The molecule has 0 spiro atoms. The Morgan fingerprint density at radius 2 is 1.89 bits per heavy atom. The zero-order chi connectivity index (χ0) is 12.3. The summed E-state index contributed by atoms with van der Waals surface area (Å²) in [6.45, 7) is 0. The fourth-order valence-corrected chi connectivity index (χ4v) is 1.52. The maximum atomic E-state index is 7.17. The number of hydrogen-bond donors (Lipinski definition) is 4. The number of aromatic nitrogens is 1. The summed E-state index contributed by atoms with van der Waals surface area (Å²) in [5.74, 6) is -0.0947. The Kier molecular flexibility index (Phi) is 6.68. The number of halogens is 2. The van der Waals surface area contributed by atoms with Gasteiger partial charge in [-0.05, 0) is 24.3 Å². The van der Waals surface area contributed by atoms with Crippen LogP contribution in [0.3, 0.4) is 0 Å². The van der Waals surface area contributed by atoms with Gasteiger partial charge in [0.2, 0.25) is 0 Å². The highest BCUT2D eigenvalue weighted by molar-refractivity contribution is 5.90. The Hall–Kier alpha value is -1.98. The van der Waals surface area contributed by atoms with Crippen molar-refractivity contribution in [2.24, 2.45) is 5.73 Å². The van der Waals surface area contributed by atoms with Crippen LogP contribution in [0.4, 0.5) is 11.4 Å². The van der Waals surface area contributed by atoms with Gasteiger partial charge in [-0.2, -0.15) is 0 Å². The number of rotatable bonds is 2. The molecular formula is C12H15Cl2N5. The lowest BCUT2D eigenvalue weighted by molar-refractivity contribution is 1.33. The highest BCUT2D eigenvalue weighted by atomic mass is 35.5. The number of nitrogens with two attached hydrogens (primary N) is 2. The third kappa shape index (κ3) is 4.65. The van der Waals surface area contributed by atoms with E-state index in [-0.39, 0.29) is 30.8 Å². The van der Waals surface area contributed by atoms with Crippen LogP contribution < -0.4 is 16.8 Å². The van der Waals surface area contributed by atoms with Gasteiger partial charge >= 0.3 is 0 Å². The molecule has 1 aromatic carbocycles. The van der Waals surface area contributed by atoms with Crippen LogP contribution in [0.15, 0.2) is 42.6 Å². The van der Waals surface area contributed by atoms with Crippen LogP contribution in [0.25, 0.3) is 11.3 Å². The summed E-state index contributed by atoms with van der Waals surface area (Å²) in [6.07, 6.45) is 1.66. The normalized spacial score (nSPS) is 8.84. The SMILES string of the molecule is Cl.Cl.N=C(N)Nc1cccc(-c2cc(N)ccn2)c1. The lowest BCUT2D eigenvalue weighted by atomic mass is 10.1. The second-order valence-corrected chi connectivity index (χ2v) is 3.59. The van der Waals surface area contributed by atoms with Crippen molar-refractivity contribution < 1.29 is 0 Å². The maximum absolute atomic E-state index is 7.17. The fraction of sp³-hybridized carbons (Fsp3) is 0. The molecule has 6 N–H and O–H groups in total. The lowest BCUT2D eigenvalue weighted by Crippen LogP contribution is -2.20. The molecule has 102 valence electrons. The van der Waals surface area contributed by atoms with E-state index in [0.29, 0.717) is 5.69 Å². The average Bonchev–Trinajstić information content (AvgIpc) is 2.28. The van der Waals surface area contributed by atoms with Gasteiger partial charge in [-0.1, -0.05) is 12.1 Å². The number of hydrogen-bond acceptors (Lipinski definition) is 3. The molecule has 0 bridgehead atoms.